The van der Waals surface area contributed by atoms with E-state index in [0.717, 1.165) is 0 Å². The molecule has 0 aromatic carbocycles. The molecule has 4 nitrogen and oxygen atoms in total. The average molecular weight is 210 g/mol. The average Bonchev–Trinajstić information content (AvgIpc) is 2.01. The van der Waals surface area contributed by atoms with E-state index in [1.807, 2.05) is 0 Å². The maximum Gasteiger partial charge on any atom is 0.376 e. The molecular formula is C6H10O4S2. The van der Waals surface area contributed by atoms with E-state index >= 15 is 0 Å². The number of aliphatic hydroxyl groups excluding tert-OH is 1. The van der Waals surface area contributed by atoms with Crippen LogP contribution in [0.2, 0.25) is 0 Å². The van der Waals surface area contributed by atoms with Crippen LogP contribution in [0.5, 0.6) is 0 Å². The van der Waals surface area contributed by atoms with Gasteiger partial charge in [-0.25, -0.2) is 4.79 Å². The molecule has 0 saturated heterocycles. The van der Waals surface area contributed by atoms with Gasteiger partial charge in [0, 0.05) is 11.8 Å². The van der Waals surface area contributed by atoms with Gasteiger partial charge < -0.3 is 14.6 Å². The molecule has 0 aliphatic heterocycles. The van der Waals surface area contributed by atoms with E-state index in [1.165, 1.54) is 0 Å². The van der Waals surface area contributed by atoms with Crippen molar-refractivity contribution < 1.29 is 19.4 Å². The Morgan fingerprint density at radius 3 is 2.75 bits per heavy atom. The van der Waals surface area contributed by atoms with Crippen molar-refractivity contribution in [2.24, 2.45) is 0 Å². The molecule has 6 heteroatoms. The third-order valence-electron chi connectivity index (χ3n) is 0.740. The lowest BCUT2D eigenvalue weighted by Gasteiger charge is -2.03. The van der Waals surface area contributed by atoms with Crippen LogP contribution in [0.15, 0.2) is 0 Å². The third kappa shape index (κ3) is 6.38. The Bertz CT molecular complexity index is 160. The van der Waals surface area contributed by atoms with Crippen molar-refractivity contribution in [3.8, 4) is 0 Å². The molecule has 0 heterocycles. The zero-order valence-corrected chi connectivity index (χ0v) is 8.24. The van der Waals surface area contributed by atoms with E-state index in [9.17, 15) is 4.79 Å². The minimum Gasteiger partial charge on any atom is -0.478 e. The lowest BCUT2D eigenvalue weighted by molar-refractivity contribution is 0.142. The predicted octanol–water partition coefficient (Wildman–Crippen LogP) is 1.17. The maximum absolute atomic E-state index is 10.7. The van der Waals surface area contributed by atoms with Crippen LogP contribution < -0.4 is 0 Å². The first-order valence-corrected chi connectivity index (χ1v) is 4.55. The van der Waals surface area contributed by atoms with Crippen LogP contribution in [0.3, 0.4) is 0 Å². The Hall–Kier alpha value is -0.330. The molecular weight excluding hydrogens is 200 g/mol. The Morgan fingerprint density at radius 1 is 1.58 bits per heavy atom. The summed E-state index contributed by atoms with van der Waals surface area (Å²) in [6, 6.07) is 0. The number of thioether (sulfide) groups is 1. The van der Waals surface area contributed by atoms with Gasteiger partial charge in [0.25, 0.3) is 0 Å². The minimum atomic E-state index is -0.553. The van der Waals surface area contributed by atoms with Gasteiger partial charge in [-0.1, -0.05) is 0 Å². The highest BCUT2D eigenvalue weighted by molar-refractivity contribution is 8.32. The summed E-state index contributed by atoms with van der Waals surface area (Å²) in [6.07, 6.45) is 0. The number of rotatable bonds is 3. The molecule has 0 rings (SSSR count). The number of thiocarbonyl (C=S) groups is 1. The molecule has 70 valence electrons. The first kappa shape index (κ1) is 11.7. The second-order valence-corrected chi connectivity index (χ2v) is 3.14. The van der Waals surface area contributed by atoms with Gasteiger partial charge in [0.1, 0.15) is 6.61 Å². The standard InChI is InChI=1S/C6H10O4S2/c1-2-9-6(11)12-5(8)10-4-3-7/h7H,2-4H2,1H3. The molecule has 0 aliphatic rings. The fourth-order valence-electron chi connectivity index (χ4n) is 0.374. The Morgan fingerprint density at radius 2 is 2.25 bits per heavy atom. The molecule has 0 aromatic heterocycles. The van der Waals surface area contributed by atoms with Crippen LogP contribution in [-0.4, -0.2) is 34.6 Å². The van der Waals surface area contributed by atoms with Gasteiger partial charge in [-0.15, -0.1) is 0 Å². The normalized spacial score (nSPS) is 9.17. The van der Waals surface area contributed by atoms with Crippen molar-refractivity contribution >= 4 is 33.7 Å². The Kier molecular flexibility index (Phi) is 7.12. The lowest BCUT2D eigenvalue weighted by Crippen LogP contribution is -2.06. The monoisotopic (exact) mass is 210 g/mol. The highest BCUT2D eigenvalue weighted by atomic mass is 32.2. The molecule has 0 atom stereocenters. The topological polar surface area (TPSA) is 55.8 Å². The molecule has 0 radical (unpaired) electrons. The summed E-state index contributed by atoms with van der Waals surface area (Å²) in [5, 5.41) is 7.75. The second-order valence-electron chi connectivity index (χ2n) is 1.61. The highest BCUT2D eigenvalue weighted by Crippen LogP contribution is 2.09. The molecule has 0 aliphatic carbocycles. The summed E-state index contributed by atoms with van der Waals surface area (Å²) in [4.78, 5) is 10.7. The number of hydrogen-bond donors (Lipinski definition) is 1. The zero-order valence-electron chi connectivity index (χ0n) is 6.61. The molecule has 0 fully saturated rings. The minimum absolute atomic E-state index is 0.0133. The number of hydrogen-bond acceptors (Lipinski definition) is 6. The van der Waals surface area contributed by atoms with Crippen molar-refractivity contribution in [1.29, 1.82) is 0 Å². The molecule has 12 heavy (non-hydrogen) atoms. The van der Waals surface area contributed by atoms with E-state index in [2.05, 4.69) is 17.0 Å². The number of carbonyl (C=O) groups excluding carboxylic acids is 1. The largest absolute Gasteiger partial charge is 0.478 e. The fourth-order valence-corrected chi connectivity index (χ4v) is 1.15. The van der Waals surface area contributed by atoms with Crippen LogP contribution in [0, 0.1) is 0 Å². The molecule has 1 N–H and O–H groups in total. The van der Waals surface area contributed by atoms with E-state index in [0.29, 0.717) is 18.4 Å². The zero-order chi connectivity index (χ0) is 9.40. The number of carbonyl (C=O) groups is 1. The van der Waals surface area contributed by atoms with Crippen LogP contribution >= 0.6 is 24.0 Å². The smallest absolute Gasteiger partial charge is 0.376 e. The highest BCUT2D eigenvalue weighted by Gasteiger charge is 2.08. The SMILES string of the molecule is CCOC(=S)SC(=O)OCCO. The molecule has 0 unspecified atom stereocenters. The van der Waals surface area contributed by atoms with E-state index in [1.54, 1.807) is 6.92 Å². The van der Waals surface area contributed by atoms with Crippen LogP contribution in [0.25, 0.3) is 0 Å². The second kappa shape index (κ2) is 7.33. The quantitative estimate of drug-likeness (QED) is 0.557. The van der Waals surface area contributed by atoms with Gasteiger partial charge in [0.15, 0.2) is 0 Å². The summed E-state index contributed by atoms with van der Waals surface area (Å²) >= 11 is 5.36. The van der Waals surface area contributed by atoms with Gasteiger partial charge >= 0.3 is 5.30 Å². The molecule has 0 spiro atoms. The van der Waals surface area contributed by atoms with Gasteiger partial charge in [-0.3, -0.25) is 0 Å². The summed E-state index contributed by atoms with van der Waals surface area (Å²) in [5.74, 6) is 0. The summed E-state index contributed by atoms with van der Waals surface area (Å²) < 4.78 is 9.48. The van der Waals surface area contributed by atoms with Crippen molar-refractivity contribution in [3.63, 3.8) is 0 Å². The van der Waals surface area contributed by atoms with E-state index in [-0.39, 0.29) is 17.6 Å². The van der Waals surface area contributed by atoms with Crippen molar-refractivity contribution in [1.82, 2.24) is 0 Å². The third-order valence-corrected chi connectivity index (χ3v) is 1.68. The Labute approximate surface area is 80.2 Å². The lowest BCUT2D eigenvalue weighted by atomic mass is 10.8. The van der Waals surface area contributed by atoms with Crippen LogP contribution in [0.4, 0.5) is 4.79 Å². The van der Waals surface area contributed by atoms with Crippen molar-refractivity contribution in [3.05, 3.63) is 0 Å². The molecule has 0 bridgehead atoms. The Balaban J connectivity index is 3.47. The summed E-state index contributed by atoms with van der Waals surface area (Å²) in [6.45, 7) is 2.00. The number of ether oxygens (including phenoxy) is 2. The fraction of sp³-hybridized carbons (Fsp3) is 0.667. The number of aliphatic hydroxyl groups is 1. The van der Waals surface area contributed by atoms with E-state index in [4.69, 9.17) is 9.84 Å². The molecule has 0 aromatic rings. The van der Waals surface area contributed by atoms with Crippen molar-refractivity contribution in [2.75, 3.05) is 19.8 Å². The first-order valence-electron chi connectivity index (χ1n) is 3.33. The van der Waals surface area contributed by atoms with Crippen LogP contribution in [0.1, 0.15) is 6.92 Å². The van der Waals surface area contributed by atoms with Gasteiger partial charge in [0.2, 0.25) is 4.38 Å². The molecule has 0 amide bonds. The van der Waals surface area contributed by atoms with Crippen LogP contribution in [-0.2, 0) is 9.47 Å². The van der Waals surface area contributed by atoms with E-state index < -0.39 is 5.30 Å². The van der Waals surface area contributed by atoms with Crippen molar-refractivity contribution in [2.45, 2.75) is 6.92 Å². The van der Waals surface area contributed by atoms with Gasteiger partial charge in [-0.05, 0) is 19.1 Å². The predicted molar refractivity (Wildman–Crippen MR) is 50.2 cm³/mol. The van der Waals surface area contributed by atoms with Gasteiger partial charge in [0.05, 0.1) is 13.2 Å². The molecule has 0 saturated carbocycles. The summed E-state index contributed by atoms with van der Waals surface area (Å²) in [7, 11) is 0. The maximum atomic E-state index is 10.7. The first-order chi connectivity index (χ1) is 5.70. The summed E-state index contributed by atoms with van der Waals surface area (Å²) in [5.41, 5.74) is 0. The van der Waals surface area contributed by atoms with Gasteiger partial charge in [-0.2, -0.15) is 0 Å².